The number of hydrogen-bond acceptors (Lipinski definition) is 3. The molecule has 0 saturated heterocycles. The summed E-state index contributed by atoms with van der Waals surface area (Å²) in [5.41, 5.74) is 0.457. The summed E-state index contributed by atoms with van der Waals surface area (Å²) >= 11 is 0. The summed E-state index contributed by atoms with van der Waals surface area (Å²) in [6, 6.07) is 3.55. The zero-order valence-electron chi connectivity index (χ0n) is 8.09. The number of nitrogens with zero attached hydrogens (tertiary/aromatic N) is 2. The molecule has 80 valence electrons. The van der Waals surface area contributed by atoms with E-state index < -0.39 is 11.8 Å². The van der Waals surface area contributed by atoms with Crippen molar-refractivity contribution in [1.29, 1.82) is 0 Å². The van der Waals surface area contributed by atoms with Gasteiger partial charge in [-0.05, 0) is 18.2 Å². The van der Waals surface area contributed by atoms with Gasteiger partial charge in [-0.2, -0.15) is 0 Å². The lowest BCUT2D eigenvalue weighted by Crippen LogP contribution is -1.98. The Hall–Kier alpha value is -2.30. The van der Waals surface area contributed by atoms with Crippen molar-refractivity contribution in [2.75, 3.05) is 0 Å². The number of carboxylic acid groups (broad SMARTS) is 1. The van der Waals surface area contributed by atoms with Gasteiger partial charge in [0.2, 0.25) is 0 Å². The lowest BCUT2D eigenvalue weighted by atomic mass is 10.1. The molecule has 0 bridgehead atoms. The highest BCUT2D eigenvalue weighted by Crippen LogP contribution is 2.21. The van der Waals surface area contributed by atoms with Crippen LogP contribution in [0.4, 0.5) is 4.39 Å². The molecule has 5 heteroatoms. The average Bonchev–Trinajstić information content (AvgIpc) is 2.30. The second kappa shape index (κ2) is 4.06. The van der Waals surface area contributed by atoms with E-state index in [-0.39, 0.29) is 11.1 Å². The summed E-state index contributed by atoms with van der Waals surface area (Å²) in [5, 5.41) is 8.79. The Labute approximate surface area is 90.4 Å². The van der Waals surface area contributed by atoms with Gasteiger partial charge < -0.3 is 5.11 Å². The normalized spacial score (nSPS) is 10.1. The molecule has 16 heavy (non-hydrogen) atoms. The van der Waals surface area contributed by atoms with Crippen LogP contribution in [-0.4, -0.2) is 21.0 Å². The van der Waals surface area contributed by atoms with Crippen LogP contribution in [0, 0.1) is 5.82 Å². The molecule has 0 aliphatic rings. The van der Waals surface area contributed by atoms with Crippen LogP contribution in [-0.2, 0) is 0 Å². The molecule has 0 radical (unpaired) electrons. The highest BCUT2D eigenvalue weighted by molar-refractivity contribution is 5.89. The van der Waals surface area contributed by atoms with Crippen molar-refractivity contribution >= 4 is 5.97 Å². The molecule has 4 nitrogen and oxygen atoms in total. The van der Waals surface area contributed by atoms with Crippen LogP contribution in [0.2, 0.25) is 0 Å². The lowest BCUT2D eigenvalue weighted by molar-refractivity contribution is 0.0697. The first kappa shape index (κ1) is 10.2. The predicted octanol–water partition coefficient (Wildman–Crippen LogP) is 1.98. The smallest absolute Gasteiger partial charge is 0.335 e. The van der Waals surface area contributed by atoms with Crippen molar-refractivity contribution in [2.45, 2.75) is 0 Å². The predicted molar refractivity (Wildman–Crippen MR) is 54.4 cm³/mol. The SMILES string of the molecule is O=C(O)c1ccc(F)c(-c2cnccn2)c1. The molecule has 1 aromatic heterocycles. The topological polar surface area (TPSA) is 63.1 Å². The molecule has 2 aromatic rings. The van der Waals surface area contributed by atoms with Crippen LogP contribution >= 0.6 is 0 Å². The zero-order chi connectivity index (χ0) is 11.5. The lowest BCUT2D eigenvalue weighted by Gasteiger charge is -2.03. The molecule has 0 unspecified atom stereocenters. The fourth-order valence-electron chi connectivity index (χ4n) is 1.29. The van der Waals surface area contributed by atoms with E-state index in [9.17, 15) is 9.18 Å². The van der Waals surface area contributed by atoms with E-state index in [1.807, 2.05) is 0 Å². The van der Waals surface area contributed by atoms with Crippen LogP contribution in [0.5, 0.6) is 0 Å². The molecule has 0 spiro atoms. The number of hydrogen-bond donors (Lipinski definition) is 1. The molecule has 0 amide bonds. The van der Waals surface area contributed by atoms with Crippen LogP contribution in [0.3, 0.4) is 0 Å². The van der Waals surface area contributed by atoms with Crippen molar-refractivity contribution in [1.82, 2.24) is 9.97 Å². The minimum absolute atomic E-state index is 0.0158. The first-order valence-electron chi connectivity index (χ1n) is 4.47. The van der Waals surface area contributed by atoms with Gasteiger partial charge in [0, 0.05) is 18.0 Å². The number of benzene rings is 1. The Morgan fingerprint density at radius 3 is 2.75 bits per heavy atom. The minimum Gasteiger partial charge on any atom is -0.478 e. The summed E-state index contributed by atoms with van der Waals surface area (Å²) in [5.74, 6) is -1.63. The average molecular weight is 218 g/mol. The summed E-state index contributed by atoms with van der Waals surface area (Å²) in [6.45, 7) is 0. The molecule has 0 aliphatic heterocycles. The van der Waals surface area contributed by atoms with Crippen molar-refractivity contribution < 1.29 is 14.3 Å². The van der Waals surface area contributed by atoms with Gasteiger partial charge in [-0.25, -0.2) is 9.18 Å². The Kier molecular flexibility index (Phi) is 2.59. The monoisotopic (exact) mass is 218 g/mol. The quantitative estimate of drug-likeness (QED) is 0.837. The summed E-state index contributed by atoms with van der Waals surface area (Å²) < 4.78 is 13.5. The fraction of sp³-hybridized carbons (Fsp3) is 0. The first-order valence-corrected chi connectivity index (χ1v) is 4.47. The largest absolute Gasteiger partial charge is 0.478 e. The van der Waals surface area contributed by atoms with E-state index in [1.54, 1.807) is 0 Å². The molecule has 0 atom stereocenters. The van der Waals surface area contributed by atoms with Crippen LogP contribution in [0.15, 0.2) is 36.8 Å². The first-order chi connectivity index (χ1) is 7.68. The minimum atomic E-state index is -1.11. The maximum Gasteiger partial charge on any atom is 0.335 e. The van der Waals surface area contributed by atoms with Gasteiger partial charge in [0.05, 0.1) is 17.5 Å². The van der Waals surface area contributed by atoms with Crippen LogP contribution in [0.1, 0.15) is 10.4 Å². The molecular weight excluding hydrogens is 211 g/mol. The summed E-state index contributed by atoms with van der Waals surface area (Å²) in [4.78, 5) is 18.5. The zero-order valence-corrected chi connectivity index (χ0v) is 8.09. The highest BCUT2D eigenvalue weighted by Gasteiger charge is 2.10. The summed E-state index contributed by atoms with van der Waals surface area (Å²) in [7, 11) is 0. The van der Waals surface area contributed by atoms with Gasteiger partial charge in [-0.3, -0.25) is 9.97 Å². The number of rotatable bonds is 2. The highest BCUT2D eigenvalue weighted by atomic mass is 19.1. The van der Waals surface area contributed by atoms with E-state index in [0.29, 0.717) is 5.69 Å². The third kappa shape index (κ3) is 1.88. The molecule has 1 N–H and O–H groups in total. The fourth-order valence-corrected chi connectivity index (χ4v) is 1.29. The van der Waals surface area contributed by atoms with E-state index in [2.05, 4.69) is 9.97 Å². The number of halogens is 1. The van der Waals surface area contributed by atoms with Gasteiger partial charge in [0.15, 0.2) is 0 Å². The van der Waals surface area contributed by atoms with E-state index in [0.717, 1.165) is 6.07 Å². The Balaban J connectivity index is 2.56. The van der Waals surface area contributed by atoms with E-state index in [1.165, 1.54) is 30.7 Å². The second-order valence-corrected chi connectivity index (χ2v) is 3.09. The van der Waals surface area contributed by atoms with Crippen molar-refractivity contribution in [2.24, 2.45) is 0 Å². The standard InChI is InChI=1S/C11H7FN2O2/c12-9-2-1-7(11(15)16)5-8(9)10-6-13-3-4-14-10/h1-6H,(H,15,16). The Bertz CT molecular complexity index is 529. The summed E-state index contributed by atoms with van der Waals surface area (Å²) in [6.07, 6.45) is 4.26. The number of carboxylic acids is 1. The van der Waals surface area contributed by atoms with Crippen LogP contribution in [0.25, 0.3) is 11.3 Å². The number of aromatic nitrogens is 2. The molecular formula is C11H7FN2O2. The molecule has 0 aliphatic carbocycles. The molecule has 1 heterocycles. The van der Waals surface area contributed by atoms with E-state index >= 15 is 0 Å². The van der Waals surface area contributed by atoms with Crippen LogP contribution < -0.4 is 0 Å². The van der Waals surface area contributed by atoms with Gasteiger partial charge in [-0.1, -0.05) is 0 Å². The number of aromatic carboxylic acids is 1. The maximum absolute atomic E-state index is 13.5. The third-order valence-corrected chi connectivity index (χ3v) is 2.05. The van der Waals surface area contributed by atoms with E-state index in [4.69, 9.17) is 5.11 Å². The van der Waals surface area contributed by atoms with Crippen molar-refractivity contribution in [3.63, 3.8) is 0 Å². The van der Waals surface area contributed by atoms with Gasteiger partial charge >= 0.3 is 5.97 Å². The molecule has 0 fully saturated rings. The van der Waals surface area contributed by atoms with Gasteiger partial charge in [0.25, 0.3) is 0 Å². The number of carbonyl (C=O) groups is 1. The molecule has 0 saturated carbocycles. The Morgan fingerprint density at radius 1 is 1.31 bits per heavy atom. The molecule has 1 aromatic carbocycles. The van der Waals surface area contributed by atoms with Gasteiger partial charge in [-0.15, -0.1) is 0 Å². The van der Waals surface area contributed by atoms with Crippen molar-refractivity contribution in [3.8, 4) is 11.3 Å². The van der Waals surface area contributed by atoms with Crippen molar-refractivity contribution in [3.05, 3.63) is 48.2 Å². The Morgan fingerprint density at radius 2 is 2.12 bits per heavy atom. The van der Waals surface area contributed by atoms with Gasteiger partial charge in [0.1, 0.15) is 5.82 Å². The maximum atomic E-state index is 13.5. The third-order valence-electron chi connectivity index (χ3n) is 2.05. The molecule has 2 rings (SSSR count). The second-order valence-electron chi connectivity index (χ2n) is 3.09.